The van der Waals surface area contributed by atoms with Crippen LogP contribution in [-0.2, 0) is 12.8 Å². The number of aliphatic hydroxyl groups excluding tert-OH is 1. The van der Waals surface area contributed by atoms with E-state index in [4.69, 9.17) is 9.15 Å². The summed E-state index contributed by atoms with van der Waals surface area (Å²) in [5.41, 5.74) is 2.81. The average Bonchev–Trinajstić information content (AvgIpc) is 3.04. The molecule has 4 rings (SSSR count). The largest absolute Gasteiger partial charge is 0.508 e. The molecule has 0 spiro atoms. The number of rotatable bonds is 3. The summed E-state index contributed by atoms with van der Waals surface area (Å²) in [4.78, 5) is 13.2. The first-order valence-corrected chi connectivity index (χ1v) is 8.96. The van der Waals surface area contributed by atoms with E-state index in [-0.39, 0.29) is 39.9 Å². The second-order valence-corrected chi connectivity index (χ2v) is 7.13. The number of allylic oxidation sites excluding steroid dienone is 2. The molecule has 0 saturated carbocycles. The van der Waals surface area contributed by atoms with Gasteiger partial charge in [0, 0.05) is 17.5 Å². The Morgan fingerprint density at radius 2 is 1.93 bits per heavy atom. The van der Waals surface area contributed by atoms with E-state index in [0.717, 1.165) is 5.57 Å². The van der Waals surface area contributed by atoms with E-state index in [1.807, 2.05) is 19.9 Å². The standard InChI is InChI=1S/C22H20O6/c1-11(2)3-8-14-21-15(9-17(24)28-21)19(25)18-20(26)16(10-27-22(14)18)12-4-6-13(23)7-5-12/h3-7,10,17,23-25H,8-9H2,1-2H3. The van der Waals surface area contributed by atoms with Gasteiger partial charge in [0.05, 0.1) is 5.56 Å². The molecule has 6 nitrogen and oxygen atoms in total. The van der Waals surface area contributed by atoms with Gasteiger partial charge in [0.2, 0.25) is 11.7 Å². The van der Waals surface area contributed by atoms with Gasteiger partial charge in [-0.15, -0.1) is 0 Å². The van der Waals surface area contributed by atoms with E-state index in [1.54, 1.807) is 12.1 Å². The Balaban J connectivity index is 2.02. The van der Waals surface area contributed by atoms with Gasteiger partial charge in [0.1, 0.15) is 34.5 Å². The highest BCUT2D eigenvalue weighted by Crippen LogP contribution is 2.44. The molecule has 0 aliphatic carbocycles. The molecule has 0 saturated heterocycles. The molecular weight excluding hydrogens is 360 g/mol. The second-order valence-electron chi connectivity index (χ2n) is 7.13. The second kappa shape index (κ2) is 6.73. The van der Waals surface area contributed by atoms with Crippen LogP contribution in [0.25, 0.3) is 22.1 Å². The maximum Gasteiger partial charge on any atom is 0.204 e. The summed E-state index contributed by atoms with van der Waals surface area (Å²) in [5.74, 6) is 0.233. The molecule has 1 aromatic heterocycles. The molecule has 0 fully saturated rings. The zero-order chi connectivity index (χ0) is 20.0. The van der Waals surface area contributed by atoms with E-state index >= 15 is 0 Å². The smallest absolute Gasteiger partial charge is 0.204 e. The fraction of sp³-hybridized carbons (Fsp3) is 0.227. The number of aromatic hydroxyl groups is 2. The molecule has 3 aromatic rings. The maximum absolute atomic E-state index is 13.2. The lowest BCUT2D eigenvalue weighted by Gasteiger charge is -2.13. The van der Waals surface area contributed by atoms with E-state index in [9.17, 15) is 20.1 Å². The van der Waals surface area contributed by atoms with Gasteiger partial charge >= 0.3 is 0 Å². The van der Waals surface area contributed by atoms with Gasteiger partial charge in [-0.25, -0.2) is 0 Å². The molecule has 3 N–H and O–H groups in total. The molecular formula is C22H20O6. The lowest BCUT2D eigenvalue weighted by molar-refractivity contribution is 0.00164. The number of hydrogen-bond acceptors (Lipinski definition) is 6. The van der Waals surface area contributed by atoms with Crippen molar-refractivity contribution in [2.75, 3.05) is 0 Å². The van der Waals surface area contributed by atoms with Crippen molar-refractivity contribution in [2.45, 2.75) is 33.0 Å². The Morgan fingerprint density at radius 1 is 1.21 bits per heavy atom. The Labute approximate surface area is 160 Å². The molecule has 6 heteroatoms. The third-order valence-corrected chi connectivity index (χ3v) is 4.86. The van der Waals surface area contributed by atoms with Crippen molar-refractivity contribution in [3.63, 3.8) is 0 Å². The van der Waals surface area contributed by atoms with E-state index < -0.39 is 6.29 Å². The van der Waals surface area contributed by atoms with Crippen LogP contribution in [0.2, 0.25) is 0 Å². The zero-order valence-electron chi connectivity index (χ0n) is 15.5. The van der Waals surface area contributed by atoms with Gasteiger partial charge in [0.25, 0.3) is 0 Å². The Bertz CT molecular complexity index is 1150. The molecule has 2 aromatic carbocycles. The predicted molar refractivity (Wildman–Crippen MR) is 105 cm³/mol. The predicted octanol–water partition coefficient (Wildman–Crippen LogP) is 3.63. The highest BCUT2D eigenvalue weighted by atomic mass is 16.6. The van der Waals surface area contributed by atoms with Gasteiger partial charge in [0.15, 0.2) is 0 Å². The topological polar surface area (TPSA) is 100 Å². The maximum atomic E-state index is 13.2. The summed E-state index contributed by atoms with van der Waals surface area (Å²) in [5, 5.41) is 30.3. The molecule has 2 heterocycles. The summed E-state index contributed by atoms with van der Waals surface area (Å²) in [6.07, 6.45) is 2.78. The van der Waals surface area contributed by atoms with Gasteiger partial charge in [-0.1, -0.05) is 23.8 Å². The number of phenols is 2. The highest BCUT2D eigenvalue weighted by molar-refractivity contribution is 5.93. The number of ether oxygens (including phenoxy) is 1. The molecule has 144 valence electrons. The van der Waals surface area contributed by atoms with Gasteiger partial charge in [-0.2, -0.15) is 0 Å². The molecule has 0 radical (unpaired) electrons. The summed E-state index contributed by atoms with van der Waals surface area (Å²) in [6, 6.07) is 6.17. The number of benzene rings is 2. The lowest BCUT2D eigenvalue weighted by atomic mass is 9.97. The molecule has 1 aliphatic rings. The minimum absolute atomic E-state index is 0.0687. The van der Waals surface area contributed by atoms with Crippen LogP contribution in [0.4, 0.5) is 0 Å². The van der Waals surface area contributed by atoms with Crippen LogP contribution in [-0.4, -0.2) is 21.6 Å². The van der Waals surface area contributed by atoms with Crippen molar-refractivity contribution < 1.29 is 24.5 Å². The number of phenolic OH excluding ortho intramolecular Hbond substituents is 2. The fourth-order valence-electron chi connectivity index (χ4n) is 3.46. The van der Waals surface area contributed by atoms with Crippen molar-refractivity contribution in [1.82, 2.24) is 0 Å². The van der Waals surface area contributed by atoms with Gasteiger partial charge in [-0.05, 0) is 38.0 Å². The molecule has 0 bridgehead atoms. The zero-order valence-corrected chi connectivity index (χ0v) is 15.5. The van der Waals surface area contributed by atoms with Crippen molar-refractivity contribution in [1.29, 1.82) is 0 Å². The van der Waals surface area contributed by atoms with Crippen LogP contribution < -0.4 is 10.2 Å². The summed E-state index contributed by atoms with van der Waals surface area (Å²) >= 11 is 0. The Kier molecular flexibility index (Phi) is 4.35. The lowest BCUT2D eigenvalue weighted by Crippen LogP contribution is -2.10. The summed E-state index contributed by atoms with van der Waals surface area (Å²) in [6.45, 7) is 3.91. The van der Waals surface area contributed by atoms with E-state index in [1.165, 1.54) is 18.4 Å². The number of fused-ring (bicyclic) bond motifs is 2. The SMILES string of the molecule is CC(C)=CCc1c2c(c(O)c3c(=O)c(-c4ccc(O)cc4)coc13)CC(O)O2. The van der Waals surface area contributed by atoms with Crippen LogP contribution in [0.5, 0.6) is 17.2 Å². The highest BCUT2D eigenvalue weighted by Gasteiger charge is 2.31. The fourth-order valence-corrected chi connectivity index (χ4v) is 3.46. The van der Waals surface area contributed by atoms with Crippen molar-refractivity contribution in [3.8, 4) is 28.4 Å². The average molecular weight is 380 g/mol. The molecule has 1 aliphatic heterocycles. The number of hydrogen-bond donors (Lipinski definition) is 3. The number of aliphatic hydroxyl groups is 1. The first-order chi connectivity index (χ1) is 13.4. The van der Waals surface area contributed by atoms with E-state index in [0.29, 0.717) is 28.9 Å². The van der Waals surface area contributed by atoms with Crippen LogP contribution >= 0.6 is 0 Å². The molecule has 28 heavy (non-hydrogen) atoms. The van der Waals surface area contributed by atoms with Crippen LogP contribution in [0.1, 0.15) is 25.0 Å². The van der Waals surface area contributed by atoms with E-state index in [2.05, 4.69) is 0 Å². The monoisotopic (exact) mass is 380 g/mol. The Hall–Kier alpha value is -3.25. The van der Waals surface area contributed by atoms with Crippen LogP contribution in [0.15, 0.2) is 51.4 Å². The third kappa shape index (κ3) is 2.92. The van der Waals surface area contributed by atoms with Crippen LogP contribution in [0, 0.1) is 0 Å². The van der Waals surface area contributed by atoms with Crippen molar-refractivity contribution in [2.24, 2.45) is 0 Å². The van der Waals surface area contributed by atoms with Crippen molar-refractivity contribution >= 4 is 11.0 Å². The van der Waals surface area contributed by atoms with Gasteiger partial charge in [-0.3, -0.25) is 4.79 Å². The summed E-state index contributed by atoms with van der Waals surface area (Å²) < 4.78 is 11.3. The molecule has 0 amide bonds. The first kappa shape index (κ1) is 18.1. The minimum atomic E-state index is -1.07. The van der Waals surface area contributed by atoms with Crippen LogP contribution in [0.3, 0.4) is 0 Å². The molecule has 1 atom stereocenters. The van der Waals surface area contributed by atoms with Gasteiger partial charge < -0.3 is 24.5 Å². The Morgan fingerprint density at radius 3 is 2.61 bits per heavy atom. The minimum Gasteiger partial charge on any atom is -0.508 e. The quantitative estimate of drug-likeness (QED) is 0.600. The molecule has 1 unspecified atom stereocenters. The normalized spacial score (nSPS) is 15.3. The third-order valence-electron chi connectivity index (χ3n) is 4.86. The summed E-state index contributed by atoms with van der Waals surface area (Å²) in [7, 11) is 0. The first-order valence-electron chi connectivity index (χ1n) is 8.96. The van der Waals surface area contributed by atoms with Crippen molar-refractivity contribution in [3.05, 3.63) is 63.5 Å².